The maximum atomic E-state index is 11.9. The van der Waals surface area contributed by atoms with E-state index in [1.165, 1.54) is 36.6 Å². The van der Waals surface area contributed by atoms with Crippen LogP contribution in [0.25, 0.3) is 0 Å². The van der Waals surface area contributed by atoms with E-state index < -0.39 is 4.92 Å². The van der Waals surface area contributed by atoms with E-state index in [4.69, 9.17) is 17.0 Å². The van der Waals surface area contributed by atoms with Crippen LogP contribution in [0, 0.1) is 10.1 Å². The van der Waals surface area contributed by atoms with Crippen molar-refractivity contribution in [3.05, 3.63) is 49.1 Å². The lowest BCUT2D eigenvalue weighted by molar-refractivity contribution is -0.384. The second-order valence-electron chi connectivity index (χ2n) is 4.28. The van der Waals surface area contributed by atoms with Gasteiger partial charge in [-0.2, -0.15) is 0 Å². The molecule has 0 aliphatic heterocycles. The minimum Gasteiger partial charge on any atom is -0.494 e. The minimum absolute atomic E-state index is 0.103. The summed E-state index contributed by atoms with van der Waals surface area (Å²) in [4.78, 5) is 22.6. The average Bonchev–Trinajstić information content (AvgIpc) is 2.99. The summed E-state index contributed by atoms with van der Waals surface area (Å²) in [5, 5.41) is 13.7. The van der Waals surface area contributed by atoms with Crippen molar-refractivity contribution in [2.75, 3.05) is 12.4 Å². The summed E-state index contributed by atoms with van der Waals surface area (Å²) in [7, 11) is 1.39. The standard InChI is InChI=1S/C13H11BrN4O4S2/c1-22-9-6-7(18(20)21)2-3-8(9)15-13(23)17-16-12(19)10-4-5-11(14)24-10/h2-6H,1H3,(H,16,19)(H2,15,17,23). The van der Waals surface area contributed by atoms with E-state index in [9.17, 15) is 14.9 Å². The molecule has 126 valence electrons. The lowest BCUT2D eigenvalue weighted by Crippen LogP contribution is -2.43. The highest BCUT2D eigenvalue weighted by Crippen LogP contribution is 2.28. The molecule has 0 aliphatic carbocycles. The van der Waals surface area contributed by atoms with Crippen LogP contribution in [0.15, 0.2) is 34.1 Å². The Morgan fingerprint density at radius 1 is 1.33 bits per heavy atom. The van der Waals surface area contributed by atoms with Crippen LogP contribution in [0.3, 0.4) is 0 Å². The van der Waals surface area contributed by atoms with E-state index in [-0.39, 0.29) is 22.5 Å². The van der Waals surface area contributed by atoms with E-state index in [1.54, 1.807) is 12.1 Å². The number of ether oxygens (including phenoxy) is 1. The Morgan fingerprint density at radius 2 is 2.08 bits per heavy atom. The Morgan fingerprint density at radius 3 is 2.67 bits per heavy atom. The predicted molar refractivity (Wildman–Crippen MR) is 98.5 cm³/mol. The first-order chi connectivity index (χ1) is 11.4. The third-order valence-corrected chi connectivity index (χ3v) is 4.56. The second kappa shape index (κ2) is 8.04. The Kier molecular flexibility index (Phi) is 6.06. The van der Waals surface area contributed by atoms with Crippen molar-refractivity contribution in [2.45, 2.75) is 0 Å². The summed E-state index contributed by atoms with van der Waals surface area (Å²) in [5.74, 6) is -0.0904. The molecule has 24 heavy (non-hydrogen) atoms. The molecule has 0 radical (unpaired) electrons. The fraction of sp³-hybridized carbons (Fsp3) is 0.0769. The van der Waals surface area contributed by atoms with Crippen molar-refractivity contribution in [2.24, 2.45) is 0 Å². The molecule has 8 nitrogen and oxygen atoms in total. The van der Waals surface area contributed by atoms with Crippen LogP contribution >= 0.6 is 39.5 Å². The topological polar surface area (TPSA) is 106 Å². The van der Waals surface area contributed by atoms with Gasteiger partial charge in [0.1, 0.15) is 5.75 Å². The Labute approximate surface area is 154 Å². The maximum Gasteiger partial charge on any atom is 0.279 e. The molecule has 2 aromatic rings. The van der Waals surface area contributed by atoms with Crippen LogP contribution in [0.2, 0.25) is 0 Å². The number of anilines is 1. The van der Waals surface area contributed by atoms with Crippen LogP contribution in [0.1, 0.15) is 9.67 Å². The van der Waals surface area contributed by atoms with Crippen LogP contribution in [-0.2, 0) is 0 Å². The van der Waals surface area contributed by atoms with Gasteiger partial charge < -0.3 is 10.1 Å². The van der Waals surface area contributed by atoms with Crippen molar-refractivity contribution in [3.63, 3.8) is 0 Å². The lowest BCUT2D eigenvalue weighted by atomic mass is 10.2. The number of thiocarbonyl (C=S) groups is 1. The number of methoxy groups -OCH3 is 1. The van der Waals surface area contributed by atoms with Gasteiger partial charge in [0.25, 0.3) is 11.6 Å². The molecule has 3 N–H and O–H groups in total. The van der Waals surface area contributed by atoms with Crippen molar-refractivity contribution in [3.8, 4) is 5.75 Å². The molecule has 0 saturated heterocycles. The van der Waals surface area contributed by atoms with Gasteiger partial charge in [0.05, 0.1) is 32.5 Å². The van der Waals surface area contributed by atoms with Crippen molar-refractivity contribution < 1.29 is 14.5 Å². The Balaban J connectivity index is 1.97. The normalized spacial score (nSPS) is 9.92. The number of hydrogen-bond acceptors (Lipinski definition) is 6. The number of hydrogen-bond donors (Lipinski definition) is 3. The number of carbonyl (C=O) groups is 1. The number of non-ortho nitro benzene ring substituents is 1. The number of rotatable bonds is 4. The molecule has 2 rings (SSSR count). The van der Waals surface area contributed by atoms with E-state index in [2.05, 4.69) is 32.1 Å². The van der Waals surface area contributed by atoms with Gasteiger partial charge in [0, 0.05) is 6.07 Å². The van der Waals surface area contributed by atoms with Gasteiger partial charge >= 0.3 is 0 Å². The van der Waals surface area contributed by atoms with Gasteiger partial charge in [-0.25, -0.2) is 0 Å². The van der Waals surface area contributed by atoms with Gasteiger partial charge in [0.2, 0.25) is 0 Å². The summed E-state index contributed by atoms with van der Waals surface area (Å²) >= 11 is 9.62. The summed E-state index contributed by atoms with van der Waals surface area (Å²) in [5.41, 5.74) is 5.32. The second-order valence-corrected chi connectivity index (χ2v) is 7.15. The molecular weight excluding hydrogens is 420 g/mol. The predicted octanol–water partition coefficient (Wildman–Crippen LogP) is 3.06. The molecule has 1 aromatic carbocycles. The molecule has 0 atom stereocenters. The lowest BCUT2D eigenvalue weighted by Gasteiger charge is -2.13. The minimum atomic E-state index is -0.526. The van der Waals surface area contributed by atoms with Crippen LogP contribution in [0.5, 0.6) is 5.75 Å². The number of hydrazine groups is 1. The van der Waals surface area contributed by atoms with Gasteiger partial charge in [-0.15, -0.1) is 11.3 Å². The van der Waals surface area contributed by atoms with Crippen molar-refractivity contribution in [1.29, 1.82) is 0 Å². The number of nitrogens with one attached hydrogen (secondary N) is 3. The first kappa shape index (κ1) is 18.1. The number of nitro groups is 1. The van der Waals surface area contributed by atoms with E-state index in [1.807, 2.05) is 0 Å². The average molecular weight is 431 g/mol. The molecule has 11 heteroatoms. The first-order valence-corrected chi connectivity index (χ1v) is 8.37. The van der Waals surface area contributed by atoms with E-state index >= 15 is 0 Å². The third kappa shape index (κ3) is 4.63. The van der Waals surface area contributed by atoms with Crippen molar-refractivity contribution >= 4 is 61.9 Å². The number of nitrogens with zero attached hydrogens (tertiary/aromatic N) is 1. The molecule has 0 saturated carbocycles. The fourth-order valence-corrected chi connectivity index (χ4v) is 3.10. The highest BCUT2D eigenvalue weighted by atomic mass is 79.9. The summed E-state index contributed by atoms with van der Waals surface area (Å²) in [6.07, 6.45) is 0. The van der Waals surface area contributed by atoms with Gasteiger partial charge in [-0.1, -0.05) is 0 Å². The Hall–Kier alpha value is -2.24. The highest BCUT2D eigenvalue weighted by molar-refractivity contribution is 9.11. The molecule has 0 bridgehead atoms. The smallest absolute Gasteiger partial charge is 0.279 e. The Bertz CT molecular complexity index is 796. The monoisotopic (exact) mass is 430 g/mol. The number of benzene rings is 1. The van der Waals surface area contributed by atoms with Crippen LogP contribution in [0.4, 0.5) is 11.4 Å². The number of amides is 1. The molecule has 0 fully saturated rings. The maximum absolute atomic E-state index is 11.9. The third-order valence-electron chi connectivity index (χ3n) is 2.73. The number of thiophene rings is 1. The largest absolute Gasteiger partial charge is 0.494 e. The molecular formula is C13H11BrN4O4S2. The number of nitro benzene ring substituents is 1. The highest BCUT2D eigenvalue weighted by Gasteiger charge is 2.13. The quantitative estimate of drug-likeness (QED) is 0.388. The first-order valence-electron chi connectivity index (χ1n) is 6.36. The molecule has 0 unspecified atom stereocenters. The van der Waals surface area contributed by atoms with Gasteiger partial charge in [0.15, 0.2) is 5.11 Å². The van der Waals surface area contributed by atoms with Crippen molar-refractivity contribution in [1.82, 2.24) is 10.9 Å². The van der Waals surface area contributed by atoms with E-state index in [0.29, 0.717) is 10.6 Å². The van der Waals surface area contributed by atoms with Gasteiger partial charge in [-0.3, -0.25) is 25.8 Å². The van der Waals surface area contributed by atoms with Crippen LogP contribution < -0.4 is 20.9 Å². The zero-order valence-electron chi connectivity index (χ0n) is 12.2. The summed E-state index contributed by atoms with van der Waals surface area (Å²) < 4.78 is 5.93. The molecule has 1 aromatic heterocycles. The van der Waals surface area contributed by atoms with E-state index in [0.717, 1.165) is 3.79 Å². The molecule has 1 amide bonds. The molecule has 0 spiro atoms. The molecule has 0 aliphatic rings. The zero-order valence-corrected chi connectivity index (χ0v) is 15.4. The SMILES string of the molecule is COc1cc([N+](=O)[O-])ccc1NC(=S)NNC(=O)c1ccc(Br)s1. The zero-order chi connectivity index (χ0) is 17.7. The number of carbonyl (C=O) groups excluding carboxylic acids is 1. The summed E-state index contributed by atoms with van der Waals surface area (Å²) in [6.45, 7) is 0. The van der Waals surface area contributed by atoms with Crippen LogP contribution in [-0.4, -0.2) is 23.1 Å². The fourth-order valence-electron chi connectivity index (χ4n) is 1.66. The van der Waals surface area contributed by atoms with Gasteiger partial charge in [-0.05, 0) is 46.3 Å². The molecule has 1 heterocycles. The summed E-state index contributed by atoms with van der Waals surface area (Å²) in [6, 6.07) is 7.48. The number of halogens is 1.